The monoisotopic (exact) mass is 401 g/mol. The summed E-state index contributed by atoms with van der Waals surface area (Å²) in [7, 11) is 1.54. The Morgan fingerprint density at radius 2 is 1.89 bits per heavy atom. The van der Waals surface area contributed by atoms with Crippen molar-refractivity contribution < 1.29 is 14.3 Å². The Bertz CT molecular complexity index is 837. The molecule has 1 amide bonds. The molecular weight excluding hydrogens is 378 g/mol. The Morgan fingerprint density at radius 1 is 1.18 bits per heavy atom. The number of ether oxygens (including phenoxy) is 2. The fourth-order valence-corrected chi connectivity index (χ4v) is 4.47. The van der Waals surface area contributed by atoms with Gasteiger partial charge in [0.1, 0.15) is 6.10 Å². The average molecular weight is 402 g/mol. The van der Waals surface area contributed by atoms with Crippen LogP contribution >= 0.6 is 11.6 Å². The zero-order valence-electron chi connectivity index (χ0n) is 15.9. The van der Waals surface area contributed by atoms with Crippen molar-refractivity contribution in [1.82, 2.24) is 14.9 Å². The first-order chi connectivity index (χ1) is 13.6. The van der Waals surface area contributed by atoms with Crippen molar-refractivity contribution in [1.29, 1.82) is 0 Å². The average Bonchev–Trinajstić information content (AvgIpc) is 3.39. The van der Waals surface area contributed by atoms with E-state index in [1.54, 1.807) is 13.3 Å². The second kappa shape index (κ2) is 7.95. The summed E-state index contributed by atoms with van der Waals surface area (Å²) in [6.45, 7) is 1.25. The highest BCUT2D eigenvalue weighted by atomic mass is 35.5. The summed E-state index contributed by atoms with van der Waals surface area (Å²) < 4.78 is 11.0. The number of hydrogen-bond acceptors (Lipinski definition) is 5. The minimum atomic E-state index is -0.435. The molecule has 1 unspecified atom stereocenters. The van der Waals surface area contributed by atoms with Gasteiger partial charge in [-0.2, -0.15) is 4.98 Å². The Hall–Kier alpha value is -2.34. The number of likely N-dealkylation sites (tertiary alicyclic amines) is 1. The molecule has 1 aromatic heterocycles. The van der Waals surface area contributed by atoms with Crippen LogP contribution in [0.4, 0.5) is 0 Å². The van der Waals surface area contributed by atoms with Gasteiger partial charge in [-0.25, -0.2) is 0 Å². The van der Waals surface area contributed by atoms with E-state index in [0.29, 0.717) is 29.9 Å². The molecule has 1 aliphatic heterocycles. The highest BCUT2D eigenvalue weighted by Crippen LogP contribution is 2.43. The number of hydrogen-bond donors (Lipinski definition) is 0. The van der Waals surface area contributed by atoms with Crippen molar-refractivity contribution in [3.8, 4) is 11.8 Å². The number of benzene rings is 1. The molecule has 4 rings (SSSR count). The van der Waals surface area contributed by atoms with Gasteiger partial charge >= 0.3 is 0 Å². The number of amides is 1. The lowest BCUT2D eigenvalue weighted by atomic mass is 9.77. The summed E-state index contributed by atoms with van der Waals surface area (Å²) in [6.07, 6.45) is 7.71. The smallest absolute Gasteiger partial charge is 0.235 e. The van der Waals surface area contributed by atoms with E-state index < -0.39 is 5.41 Å². The number of carbonyl (C=O) groups excluding carboxylic acids is 1. The molecule has 2 aliphatic rings. The number of aromatic nitrogens is 2. The molecular formula is C21H24ClN3O3. The van der Waals surface area contributed by atoms with Crippen molar-refractivity contribution in [2.24, 2.45) is 0 Å². The molecule has 2 aromatic rings. The van der Waals surface area contributed by atoms with Gasteiger partial charge in [0, 0.05) is 18.0 Å². The summed E-state index contributed by atoms with van der Waals surface area (Å²) >= 11 is 6.06. The topological polar surface area (TPSA) is 64.6 Å². The summed E-state index contributed by atoms with van der Waals surface area (Å²) in [4.78, 5) is 23.8. The third-order valence-corrected chi connectivity index (χ3v) is 6.03. The van der Waals surface area contributed by atoms with Crippen LogP contribution in [0.15, 0.2) is 36.7 Å². The molecule has 2 heterocycles. The first-order valence-corrected chi connectivity index (χ1v) is 10.1. The van der Waals surface area contributed by atoms with Gasteiger partial charge in [0.2, 0.25) is 17.7 Å². The molecule has 1 aromatic carbocycles. The Morgan fingerprint density at radius 3 is 2.61 bits per heavy atom. The quantitative estimate of drug-likeness (QED) is 0.765. The van der Waals surface area contributed by atoms with Crippen LogP contribution in [0.3, 0.4) is 0 Å². The Balaban J connectivity index is 1.47. The van der Waals surface area contributed by atoms with Crippen molar-refractivity contribution in [2.45, 2.75) is 43.6 Å². The number of rotatable bonds is 5. The van der Waals surface area contributed by atoms with E-state index in [2.05, 4.69) is 9.97 Å². The maximum Gasteiger partial charge on any atom is 0.235 e. The van der Waals surface area contributed by atoms with Gasteiger partial charge in [-0.3, -0.25) is 9.78 Å². The van der Waals surface area contributed by atoms with Crippen LogP contribution in [0, 0.1) is 0 Å². The summed E-state index contributed by atoms with van der Waals surface area (Å²) in [6, 6.07) is 7.76. The lowest BCUT2D eigenvalue weighted by molar-refractivity contribution is -0.136. The number of halogens is 1. The predicted molar refractivity (Wildman–Crippen MR) is 106 cm³/mol. The first-order valence-electron chi connectivity index (χ1n) is 9.69. The van der Waals surface area contributed by atoms with Crippen LogP contribution in [0.1, 0.15) is 37.7 Å². The van der Waals surface area contributed by atoms with Crippen LogP contribution in [0.2, 0.25) is 5.02 Å². The third-order valence-electron chi connectivity index (χ3n) is 5.78. The van der Waals surface area contributed by atoms with Gasteiger partial charge in [-0.1, -0.05) is 36.6 Å². The molecule has 0 radical (unpaired) electrons. The third kappa shape index (κ3) is 3.65. The van der Waals surface area contributed by atoms with Gasteiger partial charge in [0.05, 0.1) is 31.5 Å². The maximum absolute atomic E-state index is 13.5. The maximum atomic E-state index is 13.5. The molecule has 0 spiro atoms. The fraction of sp³-hybridized carbons (Fsp3) is 0.476. The van der Waals surface area contributed by atoms with Crippen LogP contribution < -0.4 is 9.47 Å². The first kappa shape index (κ1) is 19.0. The second-order valence-corrected chi connectivity index (χ2v) is 7.91. The lowest BCUT2D eigenvalue weighted by Gasteiger charge is -2.33. The Labute approximate surface area is 169 Å². The van der Waals surface area contributed by atoms with Crippen LogP contribution in [-0.2, 0) is 10.2 Å². The number of nitrogens with zero attached hydrogens (tertiary/aromatic N) is 3. The molecule has 1 saturated carbocycles. The molecule has 1 saturated heterocycles. The largest absolute Gasteiger partial charge is 0.480 e. The molecule has 1 atom stereocenters. The minimum Gasteiger partial charge on any atom is -0.480 e. The van der Waals surface area contributed by atoms with Crippen LogP contribution in [0.25, 0.3) is 0 Å². The number of methoxy groups -OCH3 is 1. The van der Waals surface area contributed by atoms with E-state index in [9.17, 15) is 4.79 Å². The van der Waals surface area contributed by atoms with Crippen molar-refractivity contribution in [2.75, 3.05) is 20.2 Å². The van der Waals surface area contributed by atoms with E-state index >= 15 is 0 Å². The highest BCUT2D eigenvalue weighted by molar-refractivity contribution is 6.30. The lowest BCUT2D eigenvalue weighted by Crippen LogP contribution is -2.45. The number of carbonyl (C=O) groups is 1. The van der Waals surface area contributed by atoms with Gasteiger partial charge < -0.3 is 14.4 Å². The summed E-state index contributed by atoms with van der Waals surface area (Å²) in [5, 5.41) is 0.693. The van der Waals surface area contributed by atoms with E-state index in [1.807, 2.05) is 29.2 Å². The molecule has 1 aliphatic carbocycles. The Kier molecular flexibility index (Phi) is 5.40. The van der Waals surface area contributed by atoms with E-state index in [4.69, 9.17) is 21.1 Å². The van der Waals surface area contributed by atoms with E-state index in [1.165, 1.54) is 6.20 Å². The van der Waals surface area contributed by atoms with Crippen molar-refractivity contribution in [3.63, 3.8) is 0 Å². The summed E-state index contributed by atoms with van der Waals surface area (Å²) in [5.41, 5.74) is 0.636. The van der Waals surface area contributed by atoms with Gasteiger partial charge in [0.25, 0.3) is 0 Å². The van der Waals surface area contributed by atoms with Crippen molar-refractivity contribution >= 4 is 17.5 Å². The second-order valence-electron chi connectivity index (χ2n) is 7.48. The fourth-order valence-electron chi connectivity index (χ4n) is 4.34. The zero-order chi connectivity index (χ0) is 19.6. The van der Waals surface area contributed by atoms with Crippen molar-refractivity contribution in [3.05, 3.63) is 47.2 Å². The molecule has 0 bridgehead atoms. The molecule has 2 fully saturated rings. The van der Waals surface area contributed by atoms with Gasteiger partial charge in [0.15, 0.2) is 0 Å². The van der Waals surface area contributed by atoms with E-state index in [0.717, 1.165) is 37.7 Å². The predicted octanol–water partition coefficient (Wildman–Crippen LogP) is 3.63. The SMILES string of the molecule is COc1cncc(OC2CCN(C(=O)C3(c4ccc(Cl)cc4)CCCC3)C2)n1. The normalized spacial score (nSPS) is 20.9. The van der Waals surface area contributed by atoms with Gasteiger partial charge in [-0.15, -0.1) is 0 Å². The molecule has 148 valence electrons. The highest BCUT2D eigenvalue weighted by Gasteiger charge is 2.46. The van der Waals surface area contributed by atoms with Crippen LogP contribution in [0.5, 0.6) is 11.8 Å². The summed E-state index contributed by atoms with van der Waals surface area (Å²) in [5.74, 6) is 1.04. The van der Waals surface area contributed by atoms with Crippen LogP contribution in [-0.4, -0.2) is 47.1 Å². The zero-order valence-corrected chi connectivity index (χ0v) is 16.7. The standard InChI is InChI=1S/C21H24ClN3O3/c1-27-18-12-23-13-19(24-18)28-17-8-11-25(14-17)20(26)21(9-2-3-10-21)15-4-6-16(22)7-5-15/h4-7,12-13,17H,2-3,8-11,14H2,1H3. The van der Waals surface area contributed by atoms with Gasteiger partial charge in [-0.05, 0) is 30.5 Å². The molecule has 6 nitrogen and oxygen atoms in total. The minimum absolute atomic E-state index is 0.0889. The molecule has 0 N–H and O–H groups in total. The molecule has 7 heteroatoms. The van der Waals surface area contributed by atoms with E-state index in [-0.39, 0.29) is 12.0 Å². The molecule has 28 heavy (non-hydrogen) atoms.